The van der Waals surface area contributed by atoms with E-state index in [1.54, 1.807) is 42.9 Å². The number of aryl methyl sites for hydroxylation is 1. The lowest BCUT2D eigenvalue weighted by Crippen LogP contribution is -2.30. The Morgan fingerprint density at radius 1 is 1.22 bits per heavy atom. The third-order valence-electron chi connectivity index (χ3n) is 4.67. The number of imidazole rings is 1. The monoisotopic (exact) mass is 435 g/mol. The van der Waals surface area contributed by atoms with E-state index in [1.807, 2.05) is 18.2 Å². The van der Waals surface area contributed by atoms with E-state index >= 15 is 0 Å². The Morgan fingerprint density at radius 2 is 1.97 bits per heavy atom. The second-order valence-electron chi connectivity index (χ2n) is 6.96. The summed E-state index contributed by atoms with van der Waals surface area (Å²) in [5, 5.41) is 14.7. The third kappa shape index (κ3) is 4.57. The molecule has 1 atom stereocenters. The van der Waals surface area contributed by atoms with Crippen LogP contribution in [0.25, 0.3) is 11.2 Å². The molecule has 32 heavy (non-hydrogen) atoms. The fraction of sp³-hybridized carbons (Fsp3) is 0.190. The first-order chi connectivity index (χ1) is 15.5. The molecule has 4 rings (SSSR count). The van der Waals surface area contributed by atoms with Gasteiger partial charge in [-0.05, 0) is 29.8 Å². The maximum atomic E-state index is 12.5. The second-order valence-corrected chi connectivity index (χ2v) is 6.96. The lowest BCUT2D eigenvalue weighted by Gasteiger charge is -2.15. The molecule has 0 amide bonds. The van der Waals surface area contributed by atoms with Crippen molar-refractivity contribution in [3.8, 4) is 5.75 Å². The van der Waals surface area contributed by atoms with Gasteiger partial charge in [-0.1, -0.05) is 18.2 Å². The summed E-state index contributed by atoms with van der Waals surface area (Å²) in [5.74, 6) is 0.804. The summed E-state index contributed by atoms with van der Waals surface area (Å²) in [6.45, 7) is -0.0230. The molecule has 0 spiro atoms. The Balaban J connectivity index is 1.63. The lowest BCUT2D eigenvalue weighted by atomic mass is 10.3. The number of nitrogens with one attached hydrogen (secondary N) is 2. The normalized spacial score (nSPS) is 12.3. The Hall–Kier alpha value is -4.25. The Morgan fingerprint density at radius 3 is 2.72 bits per heavy atom. The molecule has 0 bridgehead atoms. The number of aliphatic hydroxyl groups excluding tert-OH is 1. The van der Waals surface area contributed by atoms with E-state index in [-0.39, 0.29) is 30.3 Å². The van der Waals surface area contributed by atoms with Gasteiger partial charge in [-0.25, -0.2) is 10.2 Å². The lowest BCUT2D eigenvalue weighted by molar-refractivity contribution is 0.0938. The molecule has 0 saturated heterocycles. The summed E-state index contributed by atoms with van der Waals surface area (Å²) in [4.78, 5) is 35.1. The van der Waals surface area contributed by atoms with Gasteiger partial charge >= 0.3 is 5.69 Å². The van der Waals surface area contributed by atoms with Gasteiger partial charge in [0.2, 0.25) is 5.95 Å². The number of aliphatic hydroxyl groups is 1. The maximum absolute atomic E-state index is 12.5. The zero-order valence-corrected chi connectivity index (χ0v) is 17.2. The minimum absolute atomic E-state index is 0.00687. The van der Waals surface area contributed by atoms with Crippen molar-refractivity contribution < 1.29 is 9.84 Å². The number of para-hydroxylation sites is 1. The smallest absolute Gasteiger partial charge is 0.329 e. The van der Waals surface area contributed by atoms with Gasteiger partial charge < -0.3 is 14.4 Å². The van der Waals surface area contributed by atoms with E-state index in [2.05, 4.69) is 25.5 Å². The summed E-state index contributed by atoms with van der Waals surface area (Å²) < 4.78 is 8.29. The highest BCUT2D eigenvalue weighted by Crippen LogP contribution is 2.17. The quantitative estimate of drug-likeness (QED) is 0.273. The SMILES string of the molecule is Cn1c(=O)[nH]c(=O)c2c1nc(N/N=C\c1ccncc1)n2C[C@H](O)COc1ccccc1. The number of hydrazone groups is 1. The average Bonchev–Trinajstić information content (AvgIpc) is 3.16. The van der Waals surface area contributed by atoms with Crippen LogP contribution in [-0.4, -0.2) is 48.1 Å². The van der Waals surface area contributed by atoms with Crippen molar-refractivity contribution in [3.63, 3.8) is 0 Å². The van der Waals surface area contributed by atoms with Crippen LogP contribution in [0.2, 0.25) is 0 Å². The first-order valence-corrected chi connectivity index (χ1v) is 9.77. The highest BCUT2D eigenvalue weighted by molar-refractivity contribution is 5.80. The van der Waals surface area contributed by atoms with Crippen LogP contribution in [0.5, 0.6) is 5.75 Å². The molecule has 11 heteroatoms. The fourth-order valence-electron chi connectivity index (χ4n) is 3.08. The van der Waals surface area contributed by atoms with Gasteiger partial charge in [-0.2, -0.15) is 10.1 Å². The third-order valence-corrected chi connectivity index (χ3v) is 4.67. The number of hydrogen-bond donors (Lipinski definition) is 3. The van der Waals surface area contributed by atoms with E-state index in [1.165, 1.54) is 16.2 Å². The maximum Gasteiger partial charge on any atom is 0.329 e. The van der Waals surface area contributed by atoms with Gasteiger partial charge in [0.25, 0.3) is 5.56 Å². The summed E-state index contributed by atoms with van der Waals surface area (Å²) >= 11 is 0. The number of ether oxygens (including phenoxy) is 1. The van der Waals surface area contributed by atoms with Crippen LogP contribution in [0.4, 0.5) is 5.95 Å². The fourth-order valence-corrected chi connectivity index (χ4v) is 3.08. The van der Waals surface area contributed by atoms with Gasteiger partial charge in [-0.15, -0.1) is 0 Å². The largest absolute Gasteiger partial charge is 0.491 e. The second kappa shape index (κ2) is 9.27. The Labute approximate surface area is 181 Å². The summed E-state index contributed by atoms with van der Waals surface area (Å²) in [5.41, 5.74) is 2.68. The molecular formula is C21H21N7O4. The first-order valence-electron chi connectivity index (χ1n) is 9.77. The number of nitrogens with zero attached hydrogens (tertiary/aromatic N) is 5. The molecule has 0 unspecified atom stereocenters. The van der Waals surface area contributed by atoms with Crippen molar-refractivity contribution in [3.05, 3.63) is 81.3 Å². The molecular weight excluding hydrogens is 414 g/mol. The van der Waals surface area contributed by atoms with E-state index in [0.717, 1.165) is 5.56 Å². The van der Waals surface area contributed by atoms with Crippen LogP contribution in [0, 0.1) is 0 Å². The Kier molecular flexibility index (Phi) is 6.08. The topological polar surface area (TPSA) is 139 Å². The number of aromatic amines is 1. The number of hydrogen-bond acceptors (Lipinski definition) is 8. The van der Waals surface area contributed by atoms with Gasteiger partial charge in [-0.3, -0.25) is 19.3 Å². The van der Waals surface area contributed by atoms with Gasteiger partial charge in [0.15, 0.2) is 11.2 Å². The molecule has 4 aromatic rings. The van der Waals surface area contributed by atoms with Crippen molar-refractivity contribution >= 4 is 23.3 Å². The van der Waals surface area contributed by atoms with Crippen LogP contribution in [-0.2, 0) is 13.6 Å². The van der Waals surface area contributed by atoms with Crippen LogP contribution < -0.4 is 21.4 Å². The molecule has 3 heterocycles. The van der Waals surface area contributed by atoms with Crippen LogP contribution in [0.1, 0.15) is 5.56 Å². The average molecular weight is 435 g/mol. The van der Waals surface area contributed by atoms with E-state index in [4.69, 9.17) is 4.74 Å². The molecule has 0 fully saturated rings. The molecule has 164 valence electrons. The summed E-state index contributed by atoms with van der Waals surface area (Å²) in [6, 6.07) is 12.6. The molecule has 0 aliphatic carbocycles. The van der Waals surface area contributed by atoms with E-state index in [0.29, 0.717) is 5.75 Å². The number of aromatic nitrogens is 5. The summed E-state index contributed by atoms with van der Waals surface area (Å²) in [6.07, 6.45) is 3.86. The minimum Gasteiger partial charge on any atom is -0.491 e. The van der Waals surface area contributed by atoms with E-state index in [9.17, 15) is 14.7 Å². The van der Waals surface area contributed by atoms with Crippen molar-refractivity contribution in [1.82, 2.24) is 24.1 Å². The van der Waals surface area contributed by atoms with E-state index < -0.39 is 17.4 Å². The van der Waals surface area contributed by atoms with Gasteiger partial charge in [0.1, 0.15) is 18.5 Å². The number of benzene rings is 1. The van der Waals surface area contributed by atoms with Crippen LogP contribution >= 0.6 is 0 Å². The Bertz CT molecular complexity index is 1340. The molecule has 0 aliphatic heterocycles. The zero-order chi connectivity index (χ0) is 22.5. The van der Waals surface area contributed by atoms with Crippen molar-refractivity contribution in [1.29, 1.82) is 0 Å². The van der Waals surface area contributed by atoms with Crippen molar-refractivity contribution in [2.75, 3.05) is 12.0 Å². The molecule has 1 aromatic carbocycles. The molecule has 0 radical (unpaired) electrons. The van der Waals surface area contributed by atoms with Crippen molar-refractivity contribution in [2.24, 2.45) is 12.1 Å². The number of fused-ring (bicyclic) bond motifs is 1. The molecule has 11 nitrogen and oxygen atoms in total. The minimum atomic E-state index is -0.964. The van der Waals surface area contributed by atoms with Crippen LogP contribution in [0.3, 0.4) is 0 Å². The summed E-state index contributed by atoms with van der Waals surface area (Å²) in [7, 11) is 1.50. The zero-order valence-electron chi connectivity index (χ0n) is 17.2. The molecule has 3 aromatic heterocycles. The van der Waals surface area contributed by atoms with Gasteiger partial charge in [0, 0.05) is 19.4 Å². The standard InChI is InChI=1S/C21H21N7O4/c1-27-18-17(19(30)25-21(27)31)28(12-15(29)13-32-16-5-3-2-4-6-16)20(24-18)26-23-11-14-7-9-22-10-8-14/h2-11,15,29H,12-13H2,1H3,(H,24,26)(H,25,30,31)/b23-11-/t15-/m0/s1. The number of anilines is 1. The number of rotatable bonds is 8. The predicted molar refractivity (Wildman–Crippen MR) is 119 cm³/mol. The van der Waals surface area contributed by atoms with Crippen molar-refractivity contribution in [2.45, 2.75) is 12.6 Å². The van der Waals surface area contributed by atoms with Crippen LogP contribution in [0.15, 0.2) is 69.5 Å². The molecule has 3 N–H and O–H groups in total. The number of H-pyrrole nitrogens is 1. The first kappa shape index (κ1) is 21.0. The molecule has 0 saturated carbocycles. The molecule has 0 aliphatic rings. The highest BCUT2D eigenvalue weighted by atomic mass is 16.5. The van der Waals surface area contributed by atoms with Gasteiger partial charge in [0.05, 0.1) is 12.8 Å². The highest BCUT2D eigenvalue weighted by Gasteiger charge is 2.19. The number of pyridine rings is 1. The predicted octanol–water partition coefficient (Wildman–Crippen LogP) is 0.704.